The number of piperazine rings is 1. The number of nitrogens with zero attached hydrogens (tertiary/aromatic N) is 3. The first-order valence-corrected chi connectivity index (χ1v) is 25.3. The van der Waals surface area contributed by atoms with Crippen LogP contribution < -0.4 is 29.0 Å². The van der Waals surface area contributed by atoms with Crippen molar-refractivity contribution in [1.82, 2.24) is 15.1 Å². The normalized spacial score (nSPS) is 21.1. The van der Waals surface area contributed by atoms with Crippen LogP contribution in [0, 0.1) is 25.2 Å². The van der Waals surface area contributed by atoms with E-state index in [1.807, 2.05) is 13.8 Å². The predicted octanol–water partition coefficient (Wildman–Crippen LogP) is 8.36. The minimum Gasteiger partial charge on any atom is -0.493 e. The second-order valence-electron chi connectivity index (χ2n) is 19.6. The fourth-order valence-corrected chi connectivity index (χ4v) is 12.6. The van der Waals surface area contributed by atoms with Gasteiger partial charge in [0.2, 0.25) is 6.79 Å². The van der Waals surface area contributed by atoms with Crippen molar-refractivity contribution in [2.24, 2.45) is 0 Å². The van der Waals surface area contributed by atoms with Crippen molar-refractivity contribution in [2.45, 2.75) is 95.2 Å². The van der Waals surface area contributed by atoms with E-state index in [0.717, 1.165) is 33.4 Å². The van der Waals surface area contributed by atoms with E-state index in [4.69, 9.17) is 42.6 Å². The van der Waals surface area contributed by atoms with Gasteiger partial charge >= 0.3 is 12.1 Å². The molecule has 0 saturated carbocycles. The predicted molar refractivity (Wildman–Crippen MR) is 269 cm³/mol. The summed E-state index contributed by atoms with van der Waals surface area (Å²) in [7, 11) is 5.31. The van der Waals surface area contributed by atoms with Crippen LogP contribution in [0.4, 0.5) is 4.79 Å². The molecule has 1 unspecified atom stereocenters. The van der Waals surface area contributed by atoms with Gasteiger partial charge in [0.1, 0.15) is 36.6 Å². The van der Waals surface area contributed by atoms with E-state index >= 15 is 0 Å². The Kier molecular flexibility index (Phi) is 14.8. The van der Waals surface area contributed by atoms with Crippen LogP contribution in [0.2, 0.25) is 0 Å². The quantitative estimate of drug-likeness (QED) is 0.0438. The number of hydrogen-bond acceptors (Lipinski definition) is 15. The van der Waals surface area contributed by atoms with E-state index in [-0.39, 0.29) is 50.6 Å². The number of benzene rings is 4. The second kappa shape index (κ2) is 21.0. The summed E-state index contributed by atoms with van der Waals surface area (Å²) in [6.45, 7) is 13.9. The number of ether oxygens (including phenoxy) is 9. The molecule has 1 amide bonds. The molecular weight excluding hydrogens is 925 g/mol. The number of amides is 1. The summed E-state index contributed by atoms with van der Waals surface area (Å²) in [5, 5.41) is 14.2. The average molecular weight is 989 g/mol. The Bertz CT molecular complexity index is 2670. The topological polar surface area (TPSA) is 160 Å². The molecule has 0 radical (unpaired) electrons. The summed E-state index contributed by atoms with van der Waals surface area (Å²) in [5.41, 5.74) is 9.29. The first-order valence-electron chi connectivity index (χ1n) is 24.2. The fourth-order valence-electron chi connectivity index (χ4n) is 11.4. The number of rotatable bonds is 18. The lowest BCUT2D eigenvalue weighted by Gasteiger charge is -2.60. The molecule has 4 aromatic rings. The van der Waals surface area contributed by atoms with Gasteiger partial charge in [0, 0.05) is 58.9 Å². The first kappa shape index (κ1) is 50.0. The number of nitriles is 1. The Morgan fingerprint density at radius 2 is 1.68 bits per heavy atom. The van der Waals surface area contributed by atoms with Gasteiger partial charge in [-0.25, -0.2) is 9.59 Å². The largest absolute Gasteiger partial charge is 0.493 e. The molecule has 15 nitrogen and oxygen atoms in total. The van der Waals surface area contributed by atoms with Crippen LogP contribution in [0.25, 0.3) is 11.1 Å². The molecule has 2 bridgehead atoms. The molecule has 4 aromatic carbocycles. The molecule has 0 spiro atoms. The number of nitrogens with one attached hydrogen (secondary N) is 1. The van der Waals surface area contributed by atoms with E-state index in [2.05, 4.69) is 89.4 Å². The molecule has 1 fully saturated rings. The van der Waals surface area contributed by atoms with Gasteiger partial charge in [-0.3, -0.25) is 9.80 Å². The van der Waals surface area contributed by atoms with E-state index in [1.54, 1.807) is 52.8 Å². The van der Waals surface area contributed by atoms with Crippen molar-refractivity contribution in [1.29, 1.82) is 5.26 Å². The summed E-state index contributed by atoms with van der Waals surface area (Å²) in [5.74, 6) is 3.17. The van der Waals surface area contributed by atoms with Gasteiger partial charge in [0.05, 0.1) is 38.5 Å². The molecule has 1 saturated heterocycles. The van der Waals surface area contributed by atoms with Gasteiger partial charge in [0.25, 0.3) is 0 Å². The molecule has 1 aliphatic carbocycles. The molecule has 4 heterocycles. The van der Waals surface area contributed by atoms with Crippen molar-refractivity contribution >= 4 is 23.8 Å². The van der Waals surface area contributed by atoms with Crippen LogP contribution in [0.3, 0.4) is 0 Å². The number of carbonyl (C=O) groups is 2. The third-order valence-corrected chi connectivity index (χ3v) is 15.3. The zero-order chi connectivity index (χ0) is 50.1. The van der Waals surface area contributed by atoms with Gasteiger partial charge in [-0.2, -0.15) is 17.0 Å². The molecule has 4 aliphatic heterocycles. The minimum atomic E-state index is -1.08. The molecule has 71 heavy (non-hydrogen) atoms. The zero-order valence-electron chi connectivity index (χ0n) is 41.8. The summed E-state index contributed by atoms with van der Waals surface area (Å²) in [4.78, 5) is 32.8. The lowest BCUT2D eigenvalue weighted by atomic mass is 9.71. The molecule has 16 heteroatoms. The average Bonchev–Trinajstić information content (AvgIpc) is 3.96. The fraction of sp³-hybridized carbons (Fsp3) is 0.473. The number of likely N-dealkylation sites (N-methyl/N-ethyl adjacent to an activating group) is 1. The highest BCUT2D eigenvalue weighted by atomic mass is 32.2. The number of methoxy groups -OCH3 is 2. The maximum absolute atomic E-state index is 14.8. The number of esters is 1. The van der Waals surface area contributed by atoms with Crippen molar-refractivity contribution in [3.8, 4) is 45.9 Å². The van der Waals surface area contributed by atoms with E-state index in [9.17, 15) is 14.9 Å². The van der Waals surface area contributed by atoms with Crippen molar-refractivity contribution in [3.63, 3.8) is 0 Å². The van der Waals surface area contributed by atoms with Gasteiger partial charge in [-0.15, -0.1) is 0 Å². The van der Waals surface area contributed by atoms with Crippen LogP contribution in [0.1, 0.15) is 83.3 Å². The summed E-state index contributed by atoms with van der Waals surface area (Å²) in [6, 6.07) is 18.2. The van der Waals surface area contributed by atoms with Crippen LogP contribution in [0.15, 0.2) is 67.3 Å². The first-order chi connectivity index (χ1) is 34.3. The summed E-state index contributed by atoms with van der Waals surface area (Å²) in [6.07, 6.45) is 1.92. The van der Waals surface area contributed by atoms with Gasteiger partial charge in [-0.05, 0) is 87.9 Å². The molecular formula is C55H64N4O11S. The monoisotopic (exact) mass is 988 g/mol. The Morgan fingerprint density at radius 3 is 2.35 bits per heavy atom. The van der Waals surface area contributed by atoms with E-state index in [1.165, 1.54) is 22.3 Å². The molecule has 1 N–H and O–H groups in total. The molecule has 9 rings (SSSR count). The number of hydrogen-bond donors (Lipinski definition) is 1. The van der Waals surface area contributed by atoms with Gasteiger partial charge in [-0.1, -0.05) is 67.3 Å². The van der Waals surface area contributed by atoms with Crippen molar-refractivity contribution < 1.29 is 52.2 Å². The van der Waals surface area contributed by atoms with Crippen LogP contribution in [0.5, 0.6) is 28.7 Å². The number of aryl methyl sites for hydroxylation is 1. The standard InChI is InChI=1S/C55H64N4O11S/c1-10-19-65-49-32(3)50-52(69-30-68-50)46-38(49)24-42-47-45-33(22-31(2)48(63-9)51(45)67-29-64-21-20-62-8)23-41(58(47)7)43(25-56)59(42)44(46)26-66-53(60)40(57-54(61)70-55(4,5)6)28-71-27-39-36-17-13-11-15-34(36)35-16-12-14-18-37(35)39/h10-18,22,39-44,47H,1,19-21,23-24,26-30H2,2-9H3,(H,57,61)/t40-,41-,42?,43+,44+,47+/m1/s1. The summed E-state index contributed by atoms with van der Waals surface area (Å²) < 4.78 is 54.9. The second-order valence-corrected chi connectivity index (χ2v) is 20.7. The molecule has 0 aromatic heterocycles. The molecule has 376 valence electrons. The number of alkyl carbamates (subject to hydrolysis) is 1. The number of thioether (sulfide) groups is 1. The van der Waals surface area contributed by atoms with Gasteiger partial charge in [0.15, 0.2) is 29.8 Å². The maximum atomic E-state index is 14.8. The smallest absolute Gasteiger partial charge is 0.408 e. The van der Waals surface area contributed by atoms with E-state index in [0.29, 0.717) is 60.6 Å². The maximum Gasteiger partial charge on any atom is 0.408 e. The van der Waals surface area contributed by atoms with Crippen molar-refractivity contribution in [3.05, 3.63) is 112 Å². The lowest BCUT2D eigenvalue weighted by Crippen LogP contribution is -2.68. The van der Waals surface area contributed by atoms with Crippen LogP contribution in [-0.4, -0.2) is 124 Å². The zero-order valence-corrected chi connectivity index (χ0v) is 42.7. The highest BCUT2D eigenvalue weighted by molar-refractivity contribution is 7.99. The van der Waals surface area contributed by atoms with Crippen LogP contribution >= 0.6 is 11.8 Å². The van der Waals surface area contributed by atoms with E-state index < -0.39 is 41.8 Å². The van der Waals surface area contributed by atoms with Crippen molar-refractivity contribution in [2.75, 3.05) is 72.8 Å². The third kappa shape index (κ3) is 9.50. The Labute approximate surface area is 420 Å². The Morgan fingerprint density at radius 1 is 0.958 bits per heavy atom. The molecule has 6 atom stereocenters. The van der Waals surface area contributed by atoms with Crippen LogP contribution in [-0.2, 0) is 36.6 Å². The summed E-state index contributed by atoms with van der Waals surface area (Å²) >= 11 is 1.56. The number of fused-ring (bicyclic) bond motifs is 12. The third-order valence-electron chi connectivity index (χ3n) is 14.2. The highest BCUT2D eigenvalue weighted by Gasteiger charge is 2.57. The lowest BCUT2D eigenvalue weighted by molar-refractivity contribution is -0.151. The van der Waals surface area contributed by atoms with Gasteiger partial charge < -0.3 is 47.9 Å². The minimum absolute atomic E-state index is 0.0200. The molecule has 5 aliphatic rings. The number of carbonyl (C=O) groups excluding carboxylic acids is 2. The SMILES string of the molecule is C=CCOc1c(C)c2c(c3c1CC1[C@H]4c5c(cc(C)c(OC)c5OCOCCOC)C[C@H]([C@H](C#N)N1[C@H]3COC(=O)[C@@H](CSCC1c3ccccc3-c3ccccc31)NC(=O)OC(C)(C)C)N4C)OCO2. The Hall–Kier alpha value is -5.96. The highest BCUT2D eigenvalue weighted by Crippen LogP contribution is 2.59. The Balaban J connectivity index is 1.09.